The zero-order chi connectivity index (χ0) is 24.5. The van der Waals surface area contributed by atoms with Gasteiger partial charge in [0.15, 0.2) is 22.5 Å². The number of nitrogens with zero attached hydrogens (tertiary/aromatic N) is 3. The average Bonchev–Trinajstić information content (AvgIpc) is 3.24. The van der Waals surface area contributed by atoms with Crippen LogP contribution in [0.5, 0.6) is 11.5 Å². The standard InChI is InChI=1S/C24H28N4O5S/c1-5-28-21(14-33-19-12-7-16(3)13-20(19)31-4)26-27-24(28)34-15-22(29)25-18-10-8-17(9-11-18)23(30)32-6-2/h7-13H,5-6,14-15H2,1-4H3,(H,25,29). The molecule has 3 rings (SSSR count). The molecule has 0 saturated carbocycles. The number of ether oxygens (including phenoxy) is 3. The maximum absolute atomic E-state index is 12.4. The first-order valence-corrected chi connectivity index (χ1v) is 11.8. The average molecular weight is 485 g/mol. The summed E-state index contributed by atoms with van der Waals surface area (Å²) in [6.45, 7) is 6.88. The van der Waals surface area contributed by atoms with E-state index < -0.39 is 5.97 Å². The van der Waals surface area contributed by atoms with E-state index in [0.29, 0.717) is 46.9 Å². The number of amides is 1. The first kappa shape index (κ1) is 25.1. The van der Waals surface area contributed by atoms with E-state index in [4.69, 9.17) is 14.2 Å². The summed E-state index contributed by atoms with van der Waals surface area (Å²) in [4.78, 5) is 24.1. The quantitative estimate of drug-likeness (QED) is 0.320. The van der Waals surface area contributed by atoms with Crippen molar-refractivity contribution in [3.63, 3.8) is 0 Å². The fraction of sp³-hybridized carbons (Fsp3) is 0.333. The number of anilines is 1. The molecule has 3 aromatic rings. The van der Waals surface area contributed by atoms with Gasteiger partial charge in [-0.2, -0.15) is 0 Å². The second-order valence-corrected chi connectivity index (χ2v) is 8.16. The van der Waals surface area contributed by atoms with E-state index in [9.17, 15) is 9.59 Å². The number of methoxy groups -OCH3 is 1. The van der Waals surface area contributed by atoms with E-state index in [-0.39, 0.29) is 18.3 Å². The van der Waals surface area contributed by atoms with Gasteiger partial charge < -0.3 is 24.1 Å². The molecular formula is C24H28N4O5S. The predicted molar refractivity (Wildman–Crippen MR) is 130 cm³/mol. The summed E-state index contributed by atoms with van der Waals surface area (Å²) in [7, 11) is 1.60. The molecule has 0 bridgehead atoms. The molecule has 0 aliphatic heterocycles. The van der Waals surface area contributed by atoms with Crippen LogP contribution in [0.3, 0.4) is 0 Å². The van der Waals surface area contributed by atoms with E-state index in [1.807, 2.05) is 36.6 Å². The first-order chi connectivity index (χ1) is 16.4. The lowest BCUT2D eigenvalue weighted by atomic mass is 10.2. The topological polar surface area (TPSA) is 105 Å². The lowest BCUT2D eigenvalue weighted by Crippen LogP contribution is -2.15. The Bertz CT molecular complexity index is 1130. The molecule has 0 radical (unpaired) electrons. The minimum Gasteiger partial charge on any atom is -0.493 e. The van der Waals surface area contributed by atoms with Crippen molar-refractivity contribution in [1.82, 2.24) is 14.8 Å². The van der Waals surface area contributed by atoms with Gasteiger partial charge in [0.1, 0.15) is 6.61 Å². The first-order valence-electron chi connectivity index (χ1n) is 10.8. The molecule has 0 saturated heterocycles. The highest BCUT2D eigenvalue weighted by molar-refractivity contribution is 7.99. The van der Waals surface area contributed by atoms with Crippen molar-refractivity contribution in [2.45, 2.75) is 39.1 Å². The zero-order valence-electron chi connectivity index (χ0n) is 19.7. The second-order valence-electron chi connectivity index (χ2n) is 7.22. The van der Waals surface area contributed by atoms with Crippen LogP contribution in [0.2, 0.25) is 0 Å². The van der Waals surface area contributed by atoms with Crippen molar-refractivity contribution < 1.29 is 23.8 Å². The summed E-state index contributed by atoms with van der Waals surface area (Å²) < 4.78 is 18.1. The van der Waals surface area contributed by atoms with Crippen LogP contribution in [-0.2, 0) is 22.7 Å². The molecule has 9 nitrogen and oxygen atoms in total. The van der Waals surface area contributed by atoms with Crippen LogP contribution in [0.4, 0.5) is 5.69 Å². The van der Waals surface area contributed by atoms with Crippen molar-refractivity contribution in [1.29, 1.82) is 0 Å². The van der Waals surface area contributed by atoms with Crippen molar-refractivity contribution in [2.75, 3.05) is 24.8 Å². The number of benzene rings is 2. The number of carbonyl (C=O) groups is 2. The fourth-order valence-corrected chi connectivity index (χ4v) is 3.94. The molecule has 1 aromatic heterocycles. The molecule has 1 amide bonds. The second kappa shape index (κ2) is 12.1. The number of nitrogens with one attached hydrogen (secondary N) is 1. The van der Waals surface area contributed by atoms with Gasteiger partial charge in [0, 0.05) is 12.2 Å². The Morgan fingerprint density at radius 3 is 2.50 bits per heavy atom. The highest BCUT2D eigenvalue weighted by Crippen LogP contribution is 2.28. The number of aromatic nitrogens is 3. The normalized spacial score (nSPS) is 10.6. The van der Waals surface area contributed by atoms with Gasteiger partial charge in [-0.15, -0.1) is 10.2 Å². The molecule has 1 heterocycles. The lowest BCUT2D eigenvalue weighted by molar-refractivity contribution is -0.113. The minimum absolute atomic E-state index is 0.157. The fourth-order valence-electron chi connectivity index (χ4n) is 3.12. The Hall–Kier alpha value is -3.53. The summed E-state index contributed by atoms with van der Waals surface area (Å²) in [6.07, 6.45) is 0. The Morgan fingerprint density at radius 1 is 1.06 bits per heavy atom. The van der Waals surface area contributed by atoms with Gasteiger partial charge in [0.05, 0.1) is 25.0 Å². The van der Waals surface area contributed by atoms with Crippen LogP contribution in [0, 0.1) is 6.92 Å². The van der Waals surface area contributed by atoms with Gasteiger partial charge in [-0.05, 0) is 62.7 Å². The monoisotopic (exact) mass is 484 g/mol. The smallest absolute Gasteiger partial charge is 0.338 e. The van der Waals surface area contributed by atoms with Crippen molar-refractivity contribution in [2.24, 2.45) is 0 Å². The van der Waals surface area contributed by atoms with Crippen LogP contribution < -0.4 is 14.8 Å². The number of rotatable bonds is 11. The van der Waals surface area contributed by atoms with Gasteiger partial charge in [-0.25, -0.2) is 4.79 Å². The molecule has 0 unspecified atom stereocenters. The maximum Gasteiger partial charge on any atom is 0.338 e. The van der Waals surface area contributed by atoms with Crippen LogP contribution in [0.1, 0.15) is 35.6 Å². The van der Waals surface area contributed by atoms with Crippen molar-refractivity contribution >= 4 is 29.3 Å². The number of esters is 1. The largest absolute Gasteiger partial charge is 0.493 e. The Kier molecular flexibility index (Phi) is 8.92. The zero-order valence-corrected chi connectivity index (χ0v) is 20.5. The molecule has 0 aliphatic carbocycles. The third-order valence-corrected chi connectivity index (χ3v) is 5.76. The number of aryl methyl sites for hydroxylation is 1. The summed E-state index contributed by atoms with van der Waals surface area (Å²) in [5.41, 5.74) is 2.10. The Morgan fingerprint density at radius 2 is 1.82 bits per heavy atom. The third-order valence-electron chi connectivity index (χ3n) is 4.80. The summed E-state index contributed by atoms with van der Waals surface area (Å²) in [5.74, 6) is 1.51. The molecule has 180 valence electrons. The highest BCUT2D eigenvalue weighted by Gasteiger charge is 2.15. The summed E-state index contributed by atoms with van der Waals surface area (Å²) in [5, 5.41) is 11.9. The number of hydrogen-bond donors (Lipinski definition) is 1. The molecule has 0 atom stereocenters. The van der Waals surface area contributed by atoms with E-state index in [0.717, 1.165) is 5.56 Å². The number of carbonyl (C=O) groups excluding carboxylic acids is 2. The maximum atomic E-state index is 12.4. The molecule has 0 fully saturated rings. The lowest BCUT2D eigenvalue weighted by Gasteiger charge is -2.12. The van der Waals surface area contributed by atoms with Gasteiger partial charge >= 0.3 is 5.97 Å². The number of hydrogen-bond acceptors (Lipinski definition) is 8. The summed E-state index contributed by atoms with van der Waals surface area (Å²) >= 11 is 1.29. The van der Waals surface area contributed by atoms with Gasteiger partial charge in [-0.1, -0.05) is 17.8 Å². The van der Waals surface area contributed by atoms with E-state index in [2.05, 4.69) is 15.5 Å². The Labute approximate surface area is 202 Å². The molecule has 0 aliphatic rings. The van der Waals surface area contributed by atoms with E-state index in [1.54, 1.807) is 38.3 Å². The summed E-state index contributed by atoms with van der Waals surface area (Å²) in [6, 6.07) is 12.3. The molecule has 10 heteroatoms. The molecule has 34 heavy (non-hydrogen) atoms. The van der Waals surface area contributed by atoms with E-state index >= 15 is 0 Å². The van der Waals surface area contributed by atoms with E-state index in [1.165, 1.54) is 11.8 Å². The van der Waals surface area contributed by atoms with Crippen molar-refractivity contribution in [3.8, 4) is 11.5 Å². The molecular weight excluding hydrogens is 456 g/mol. The van der Waals surface area contributed by atoms with Gasteiger partial charge in [0.25, 0.3) is 0 Å². The van der Waals surface area contributed by atoms with Crippen LogP contribution in [0.15, 0.2) is 47.6 Å². The van der Waals surface area contributed by atoms with Crippen LogP contribution in [-0.4, -0.2) is 46.1 Å². The van der Waals surface area contributed by atoms with Crippen molar-refractivity contribution in [3.05, 3.63) is 59.4 Å². The predicted octanol–water partition coefficient (Wildman–Crippen LogP) is 4.10. The third kappa shape index (κ3) is 6.50. The SMILES string of the molecule is CCOC(=O)c1ccc(NC(=O)CSc2nnc(COc3ccc(C)cc3OC)n2CC)cc1. The Balaban J connectivity index is 1.56. The molecule has 2 aromatic carbocycles. The van der Waals surface area contributed by atoms with Gasteiger partial charge in [-0.3, -0.25) is 4.79 Å². The molecule has 1 N–H and O–H groups in total. The highest BCUT2D eigenvalue weighted by atomic mass is 32.2. The van der Waals surface area contributed by atoms with Gasteiger partial charge in [0.2, 0.25) is 5.91 Å². The minimum atomic E-state index is -0.393. The van der Waals surface area contributed by atoms with Crippen LogP contribution in [0.25, 0.3) is 0 Å². The number of thioether (sulfide) groups is 1. The molecule has 0 spiro atoms. The van der Waals surface area contributed by atoms with Crippen LogP contribution >= 0.6 is 11.8 Å².